The lowest BCUT2D eigenvalue weighted by atomic mass is 10.2. The second kappa shape index (κ2) is 13.9. The molecule has 1 fully saturated rings. The first kappa shape index (κ1) is 29.1. The predicted molar refractivity (Wildman–Crippen MR) is 136 cm³/mol. The van der Waals surface area contributed by atoms with Gasteiger partial charge in [-0.2, -0.15) is 0 Å². The van der Waals surface area contributed by atoms with Crippen molar-refractivity contribution in [3.8, 4) is 0 Å². The lowest BCUT2D eigenvalue weighted by molar-refractivity contribution is -0.122. The maximum Gasteiger partial charge on any atom is 0.414 e. The standard InChI is InChI=1S/C25H30F2N6O6/c1-3-9-38-24(36)31-13-18-14-33(25(37)39-18)17-10-19(26)21(20(27)11-17)29-7-8-30-22(34)15(2)32-23(35)16-5-4-6-28-12-16/h4-6,10-12,15,18,29H,3,7-9,13-14H2,1-2H3,(H,30,34)(H,31,36)(H,32,35)/t15-,18-/m0/s1. The molecule has 4 amide bonds. The Morgan fingerprint density at radius 3 is 2.62 bits per heavy atom. The van der Waals surface area contributed by atoms with Crippen molar-refractivity contribution in [2.75, 3.05) is 43.0 Å². The molecule has 0 unspecified atom stereocenters. The van der Waals surface area contributed by atoms with Crippen LogP contribution in [0.1, 0.15) is 30.6 Å². The molecule has 0 spiro atoms. The summed E-state index contributed by atoms with van der Waals surface area (Å²) < 4.78 is 39.4. The van der Waals surface area contributed by atoms with Crippen LogP contribution in [0.5, 0.6) is 0 Å². The van der Waals surface area contributed by atoms with E-state index in [0.29, 0.717) is 12.0 Å². The Labute approximate surface area is 223 Å². The van der Waals surface area contributed by atoms with Crippen LogP contribution in [0.2, 0.25) is 0 Å². The fourth-order valence-corrected chi connectivity index (χ4v) is 3.53. The number of amides is 4. The van der Waals surface area contributed by atoms with E-state index in [1.54, 1.807) is 12.1 Å². The summed E-state index contributed by atoms with van der Waals surface area (Å²) >= 11 is 0. The van der Waals surface area contributed by atoms with Crippen molar-refractivity contribution < 1.29 is 37.4 Å². The molecule has 4 N–H and O–H groups in total. The van der Waals surface area contributed by atoms with Crippen LogP contribution in [0, 0.1) is 11.6 Å². The lowest BCUT2D eigenvalue weighted by Crippen LogP contribution is -2.45. The number of nitrogens with one attached hydrogen (secondary N) is 4. The molecule has 12 nitrogen and oxygen atoms in total. The van der Waals surface area contributed by atoms with Gasteiger partial charge in [0.2, 0.25) is 5.91 Å². The molecular weight excluding hydrogens is 518 g/mol. The van der Waals surface area contributed by atoms with E-state index in [4.69, 9.17) is 9.47 Å². The largest absolute Gasteiger partial charge is 0.450 e. The summed E-state index contributed by atoms with van der Waals surface area (Å²) in [4.78, 5) is 53.0. The van der Waals surface area contributed by atoms with Gasteiger partial charge in [-0.05, 0) is 25.5 Å². The van der Waals surface area contributed by atoms with Crippen molar-refractivity contribution in [1.29, 1.82) is 0 Å². The summed E-state index contributed by atoms with van der Waals surface area (Å²) in [7, 11) is 0. The summed E-state index contributed by atoms with van der Waals surface area (Å²) in [5.41, 5.74) is -0.187. The second-order valence-electron chi connectivity index (χ2n) is 8.57. The van der Waals surface area contributed by atoms with Gasteiger partial charge in [0.25, 0.3) is 5.91 Å². The van der Waals surface area contributed by atoms with E-state index in [-0.39, 0.29) is 38.5 Å². The smallest absolute Gasteiger partial charge is 0.414 e. The van der Waals surface area contributed by atoms with E-state index in [1.165, 1.54) is 19.3 Å². The topological polar surface area (TPSA) is 151 Å². The number of carbonyl (C=O) groups excluding carboxylic acids is 4. The molecule has 1 aromatic carbocycles. The highest BCUT2D eigenvalue weighted by molar-refractivity contribution is 5.97. The number of hydrogen-bond acceptors (Lipinski definition) is 8. The molecule has 1 saturated heterocycles. The van der Waals surface area contributed by atoms with E-state index < -0.39 is 53.5 Å². The summed E-state index contributed by atoms with van der Waals surface area (Å²) in [5.74, 6) is -2.86. The number of alkyl carbamates (subject to hydrolysis) is 1. The lowest BCUT2D eigenvalue weighted by Gasteiger charge is -2.17. The molecule has 1 aliphatic heterocycles. The summed E-state index contributed by atoms with van der Waals surface area (Å²) in [6, 6.07) is 4.25. The first-order valence-electron chi connectivity index (χ1n) is 12.3. The van der Waals surface area contributed by atoms with Crippen molar-refractivity contribution >= 4 is 35.4 Å². The number of ether oxygens (including phenoxy) is 2. The van der Waals surface area contributed by atoms with Crippen LogP contribution in [-0.2, 0) is 14.3 Å². The molecule has 1 aliphatic rings. The molecule has 0 saturated carbocycles. The van der Waals surface area contributed by atoms with Gasteiger partial charge in [-0.3, -0.25) is 19.5 Å². The molecular formula is C25H30F2N6O6. The highest BCUT2D eigenvalue weighted by Crippen LogP contribution is 2.28. The quantitative estimate of drug-likeness (QED) is 0.295. The van der Waals surface area contributed by atoms with Gasteiger partial charge in [0.15, 0.2) is 11.6 Å². The minimum Gasteiger partial charge on any atom is -0.450 e. The van der Waals surface area contributed by atoms with E-state index in [9.17, 15) is 28.0 Å². The van der Waals surface area contributed by atoms with Gasteiger partial charge in [0, 0.05) is 37.6 Å². The molecule has 0 bridgehead atoms. The number of nitrogens with zero attached hydrogens (tertiary/aromatic N) is 2. The van der Waals surface area contributed by atoms with Gasteiger partial charge in [-0.25, -0.2) is 18.4 Å². The average Bonchev–Trinajstić information content (AvgIpc) is 3.30. The minimum atomic E-state index is -0.953. The maximum atomic E-state index is 14.7. The normalized spacial score (nSPS) is 15.2. The third-order valence-corrected chi connectivity index (χ3v) is 5.51. The number of benzene rings is 1. The van der Waals surface area contributed by atoms with Gasteiger partial charge in [0.1, 0.15) is 17.8 Å². The Morgan fingerprint density at radius 1 is 1.21 bits per heavy atom. The number of cyclic esters (lactones) is 1. The Bertz CT molecular complexity index is 1160. The van der Waals surface area contributed by atoms with Crippen molar-refractivity contribution in [3.05, 3.63) is 53.9 Å². The van der Waals surface area contributed by atoms with Gasteiger partial charge < -0.3 is 30.7 Å². The monoisotopic (exact) mass is 548 g/mol. The zero-order valence-electron chi connectivity index (χ0n) is 21.5. The van der Waals surface area contributed by atoms with Crippen molar-refractivity contribution in [2.24, 2.45) is 0 Å². The molecule has 2 heterocycles. The zero-order chi connectivity index (χ0) is 28.4. The fraction of sp³-hybridized carbons (Fsp3) is 0.400. The molecule has 3 rings (SSSR count). The van der Waals surface area contributed by atoms with Gasteiger partial charge in [0.05, 0.1) is 30.9 Å². The van der Waals surface area contributed by atoms with E-state index in [0.717, 1.165) is 17.0 Å². The van der Waals surface area contributed by atoms with Crippen LogP contribution in [0.4, 0.5) is 29.7 Å². The van der Waals surface area contributed by atoms with E-state index in [1.807, 2.05) is 6.92 Å². The van der Waals surface area contributed by atoms with Crippen molar-refractivity contribution in [2.45, 2.75) is 32.4 Å². The Balaban J connectivity index is 1.46. The molecule has 2 atom stereocenters. The summed E-state index contributed by atoms with van der Waals surface area (Å²) in [5, 5.41) is 10.1. The van der Waals surface area contributed by atoms with Crippen LogP contribution in [0.3, 0.4) is 0 Å². The Hall–Kier alpha value is -4.49. The summed E-state index contributed by atoms with van der Waals surface area (Å²) in [6.07, 6.45) is 1.35. The van der Waals surface area contributed by atoms with Crippen LogP contribution < -0.4 is 26.2 Å². The number of rotatable bonds is 12. The summed E-state index contributed by atoms with van der Waals surface area (Å²) in [6.45, 7) is 3.54. The zero-order valence-corrected chi connectivity index (χ0v) is 21.5. The van der Waals surface area contributed by atoms with E-state index in [2.05, 4.69) is 26.3 Å². The second-order valence-corrected chi connectivity index (χ2v) is 8.57. The van der Waals surface area contributed by atoms with Crippen LogP contribution in [-0.4, -0.2) is 73.9 Å². The van der Waals surface area contributed by atoms with Gasteiger partial charge >= 0.3 is 12.2 Å². The van der Waals surface area contributed by atoms with Crippen LogP contribution in [0.25, 0.3) is 0 Å². The molecule has 1 aromatic heterocycles. The number of hydrogen-bond donors (Lipinski definition) is 4. The van der Waals surface area contributed by atoms with E-state index >= 15 is 0 Å². The van der Waals surface area contributed by atoms with Crippen LogP contribution in [0.15, 0.2) is 36.7 Å². The molecule has 0 aliphatic carbocycles. The highest BCUT2D eigenvalue weighted by atomic mass is 19.1. The maximum absolute atomic E-state index is 14.7. The highest BCUT2D eigenvalue weighted by Gasteiger charge is 2.33. The predicted octanol–water partition coefficient (Wildman–Crippen LogP) is 2.17. The molecule has 39 heavy (non-hydrogen) atoms. The number of aromatic nitrogens is 1. The third-order valence-electron chi connectivity index (χ3n) is 5.51. The first-order chi connectivity index (χ1) is 18.7. The SMILES string of the molecule is CCCOC(=O)NC[C@H]1CN(c2cc(F)c(NCCNC(=O)[C@H](C)NC(=O)c3cccnc3)c(F)c2)C(=O)O1. The van der Waals surface area contributed by atoms with Crippen LogP contribution >= 0.6 is 0 Å². The molecule has 0 radical (unpaired) electrons. The minimum absolute atomic E-state index is 0.0143. The fourth-order valence-electron chi connectivity index (χ4n) is 3.53. The van der Waals surface area contributed by atoms with Gasteiger partial charge in [-0.1, -0.05) is 6.92 Å². The molecule has 2 aromatic rings. The number of pyridine rings is 1. The number of halogens is 2. The number of carbonyl (C=O) groups is 4. The van der Waals surface area contributed by atoms with Gasteiger partial charge in [-0.15, -0.1) is 0 Å². The third kappa shape index (κ3) is 8.25. The Kier molecular flexibility index (Phi) is 10.3. The number of anilines is 2. The van der Waals surface area contributed by atoms with Crippen molar-refractivity contribution in [1.82, 2.24) is 20.9 Å². The van der Waals surface area contributed by atoms with Crippen molar-refractivity contribution in [3.63, 3.8) is 0 Å². The first-order valence-corrected chi connectivity index (χ1v) is 12.3. The molecule has 14 heteroatoms. The molecule has 210 valence electrons. The average molecular weight is 549 g/mol. The Morgan fingerprint density at radius 2 is 1.95 bits per heavy atom.